The summed E-state index contributed by atoms with van der Waals surface area (Å²) in [6.07, 6.45) is 61.4. The number of rotatable bonds is 60. The van der Waals surface area contributed by atoms with Gasteiger partial charge < -0.3 is 65.1 Å². The molecule has 0 aromatic carbocycles. The Hall–Kier alpha value is -2.31. The maximum Gasteiger partial charge on any atom is 0.220 e. The fourth-order valence-electron chi connectivity index (χ4n) is 11.9. The molecule has 2 aliphatic heterocycles. The zero-order valence-electron chi connectivity index (χ0n) is 56.0. The molecule has 2 aliphatic rings. The van der Waals surface area contributed by atoms with Crippen molar-refractivity contribution in [3.63, 3.8) is 0 Å². The van der Waals surface area contributed by atoms with Crippen molar-refractivity contribution in [1.29, 1.82) is 0 Å². The van der Waals surface area contributed by atoms with Crippen LogP contribution in [0.3, 0.4) is 0 Å². The van der Waals surface area contributed by atoms with Crippen LogP contribution in [0, 0.1) is 0 Å². The monoisotopic (exact) mass is 1250 g/mol. The van der Waals surface area contributed by atoms with Crippen molar-refractivity contribution in [2.45, 2.75) is 383 Å². The van der Waals surface area contributed by atoms with Gasteiger partial charge >= 0.3 is 0 Å². The second-order valence-corrected chi connectivity index (χ2v) is 25.7. The summed E-state index contributed by atoms with van der Waals surface area (Å²) in [7, 11) is 0. The van der Waals surface area contributed by atoms with Crippen LogP contribution in [0.15, 0.2) is 60.8 Å². The quantitative estimate of drug-likeness (QED) is 0.0204. The van der Waals surface area contributed by atoms with Gasteiger partial charge in [0, 0.05) is 6.42 Å². The van der Waals surface area contributed by atoms with E-state index in [4.69, 9.17) is 18.9 Å². The highest BCUT2D eigenvalue weighted by atomic mass is 16.7. The first-order chi connectivity index (χ1) is 43.1. The predicted octanol–water partition coefficient (Wildman–Crippen LogP) is 15.2. The minimum atomic E-state index is -1.79. The summed E-state index contributed by atoms with van der Waals surface area (Å²) in [4.78, 5) is 13.3. The number of amides is 1. The van der Waals surface area contributed by atoms with Crippen LogP contribution in [-0.4, -0.2) is 140 Å². The lowest BCUT2D eigenvalue weighted by atomic mass is 9.97. The van der Waals surface area contributed by atoms with Gasteiger partial charge in [-0.25, -0.2) is 0 Å². The fraction of sp³-hybridized carbons (Fsp3) is 0.851. The first kappa shape index (κ1) is 81.8. The minimum Gasteiger partial charge on any atom is -0.394 e. The van der Waals surface area contributed by atoms with Crippen LogP contribution in [0.4, 0.5) is 0 Å². The van der Waals surface area contributed by atoms with Gasteiger partial charge in [-0.3, -0.25) is 4.79 Å². The summed E-state index contributed by atoms with van der Waals surface area (Å²) < 4.78 is 22.9. The van der Waals surface area contributed by atoms with Crippen molar-refractivity contribution in [2.75, 3.05) is 19.8 Å². The molecule has 14 heteroatoms. The average molecular weight is 1250 g/mol. The van der Waals surface area contributed by atoms with Crippen molar-refractivity contribution in [1.82, 2.24) is 5.32 Å². The van der Waals surface area contributed by atoms with Crippen molar-refractivity contribution >= 4 is 5.91 Å². The summed E-state index contributed by atoms with van der Waals surface area (Å²) in [5, 5.41) is 87.5. The first-order valence-electron chi connectivity index (χ1n) is 36.5. The summed E-state index contributed by atoms with van der Waals surface area (Å²) >= 11 is 0. The van der Waals surface area contributed by atoms with Crippen molar-refractivity contribution in [2.24, 2.45) is 0 Å². The smallest absolute Gasteiger partial charge is 0.220 e. The topological polar surface area (TPSA) is 228 Å². The van der Waals surface area contributed by atoms with Gasteiger partial charge in [-0.15, -0.1) is 0 Å². The van der Waals surface area contributed by atoms with Crippen LogP contribution < -0.4 is 5.32 Å². The van der Waals surface area contributed by atoms with Crippen LogP contribution >= 0.6 is 0 Å². The van der Waals surface area contributed by atoms with E-state index in [1.54, 1.807) is 6.08 Å². The van der Waals surface area contributed by atoms with E-state index in [1.165, 1.54) is 212 Å². The lowest BCUT2D eigenvalue weighted by Crippen LogP contribution is -2.65. The van der Waals surface area contributed by atoms with Crippen molar-refractivity contribution < 1.29 is 64.6 Å². The molecular formula is C74H135NO13. The Bertz CT molecular complexity index is 1710. The molecule has 2 heterocycles. The zero-order chi connectivity index (χ0) is 63.8. The second-order valence-electron chi connectivity index (χ2n) is 25.7. The number of aliphatic hydroxyl groups is 8. The summed E-state index contributed by atoms with van der Waals surface area (Å²) in [6, 6.07) is -0.924. The maximum absolute atomic E-state index is 13.3. The second kappa shape index (κ2) is 58.5. The number of ether oxygens (including phenoxy) is 4. The van der Waals surface area contributed by atoms with Gasteiger partial charge in [0.25, 0.3) is 0 Å². The average Bonchev–Trinajstić information content (AvgIpc) is 2.01. The molecule has 9 N–H and O–H groups in total. The SMILES string of the molecule is CC/C=C\C/C=C\C/C=C\C/C=C\CCCCCCCCCCC(=O)NC(COC1OC(CO)C(OC2OC(CO)C(O)C(O)C2O)C(O)C1O)C(O)/C=C/CCCCCCCCCCCCCCCCCCCCCCCCCCCCCCCCC. The number of unbranched alkanes of at least 4 members (excludes halogenated alkanes) is 39. The number of carbonyl (C=O) groups excluding carboxylic acids is 1. The third-order valence-electron chi connectivity index (χ3n) is 17.7. The van der Waals surface area contributed by atoms with Gasteiger partial charge in [0.2, 0.25) is 5.91 Å². The van der Waals surface area contributed by atoms with E-state index in [0.717, 1.165) is 70.6 Å². The van der Waals surface area contributed by atoms with Crippen LogP contribution in [0.2, 0.25) is 0 Å². The fourth-order valence-corrected chi connectivity index (χ4v) is 11.9. The van der Waals surface area contributed by atoms with Crippen LogP contribution in [-0.2, 0) is 23.7 Å². The number of allylic oxidation sites excluding steroid dienone is 9. The Balaban J connectivity index is 1.65. The van der Waals surface area contributed by atoms with E-state index >= 15 is 0 Å². The largest absolute Gasteiger partial charge is 0.394 e. The summed E-state index contributed by atoms with van der Waals surface area (Å²) in [5.74, 6) is -0.246. The lowest BCUT2D eigenvalue weighted by molar-refractivity contribution is -0.359. The zero-order valence-corrected chi connectivity index (χ0v) is 56.0. The standard InChI is InChI=1S/C74H135NO13/c1-3-5-7-9-11-13-15-17-19-21-23-25-26-27-28-29-30-31-32-33-34-35-36-38-39-41-43-45-47-49-51-53-55-57-63(78)62(61-85-73-71(84)69(82)72(65(60-77)87-73)88-74-70(83)68(81)67(80)64(59-76)86-74)75-66(79)58-56-54-52-50-48-46-44-42-40-37-24-22-20-18-16-14-12-10-8-6-4-2/h6,8,12,14,18,20,24,37,55,57,62-65,67-74,76-78,80-84H,3-5,7,9-11,13,15-17,19,21-23,25-36,38-54,56,58-61H2,1-2H3,(H,75,79)/b8-6-,14-12-,20-18-,37-24-,57-55+. The molecule has 12 unspecified atom stereocenters. The van der Waals surface area contributed by atoms with E-state index in [1.807, 2.05) is 6.08 Å². The van der Waals surface area contributed by atoms with Gasteiger partial charge in [-0.2, -0.15) is 0 Å². The number of hydrogen-bond donors (Lipinski definition) is 9. The van der Waals surface area contributed by atoms with Gasteiger partial charge in [0.05, 0.1) is 32.0 Å². The van der Waals surface area contributed by atoms with Gasteiger partial charge in [0.1, 0.15) is 48.8 Å². The molecule has 88 heavy (non-hydrogen) atoms. The predicted molar refractivity (Wildman–Crippen MR) is 360 cm³/mol. The van der Waals surface area contributed by atoms with Crippen LogP contribution in [0.25, 0.3) is 0 Å². The summed E-state index contributed by atoms with van der Waals surface area (Å²) in [5.41, 5.74) is 0. The number of carbonyl (C=O) groups is 1. The van der Waals surface area contributed by atoms with E-state index in [0.29, 0.717) is 6.42 Å². The highest BCUT2D eigenvalue weighted by Gasteiger charge is 2.51. The van der Waals surface area contributed by atoms with Crippen LogP contribution in [0.5, 0.6) is 0 Å². The normalized spacial score (nSPS) is 23.5. The molecule has 514 valence electrons. The molecule has 2 fully saturated rings. The molecule has 12 atom stereocenters. The highest BCUT2D eigenvalue weighted by Crippen LogP contribution is 2.30. The maximum atomic E-state index is 13.3. The number of aliphatic hydroxyl groups excluding tert-OH is 8. The van der Waals surface area contributed by atoms with Gasteiger partial charge in [-0.05, 0) is 57.8 Å². The Morgan fingerprint density at radius 3 is 1.20 bits per heavy atom. The van der Waals surface area contributed by atoms with Crippen molar-refractivity contribution in [3.05, 3.63) is 60.8 Å². The number of nitrogens with one attached hydrogen (secondary N) is 1. The Morgan fingerprint density at radius 2 is 0.784 bits per heavy atom. The molecule has 0 aromatic heterocycles. The summed E-state index contributed by atoms with van der Waals surface area (Å²) in [6.45, 7) is 2.72. The van der Waals surface area contributed by atoms with E-state index in [-0.39, 0.29) is 18.9 Å². The van der Waals surface area contributed by atoms with Crippen molar-refractivity contribution in [3.8, 4) is 0 Å². The van der Waals surface area contributed by atoms with Gasteiger partial charge in [-0.1, -0.05) is 306 Å². The molecule has 2 saturated heterocycles. The first-order valence-corrected chi connectivity index (χ1v) is 36.5. The molecule has 1 amide bonds. The van der Waals surface area contributed by atoms with Crippen LogP contribution in [0.1, 0.15) is 309 Å². The molecule has 2 rings (SSSR count). The molecule has 0 bridgehead atoms. The minimum absolute atomic E-state index is 0.246. The van der Waals surface area contributed by atoms with E-state index in [9.17, 15) is 45.6 Å². The lowest BCUT2D eigenvalue weighted by Gasteiger charge is -2.46. The third-order valence-corrected chi connectivity index (χ3v) is 17.7. The Labute approximate surface area is 536 Å². The third kappa shape index (κ3) is 42.0. The molecule has 0 saturated carbocycles. The molecule has 0 aromatic rings. The van der Waals surface area contributed by atoms with E-state index in [2.05, 4.69) is 67.8 Å². The molecule has 14 nitrogen and oxygen atoms in total. The highest BCUT2D eigenvalue weighted by molar-refractivity contribution is 5.76. The number of hydrogen-bond acceptors (Lipinski definition) is 13. The Kier molecular flexibility index (Phi) is 54.4. The molecule has 0 aliphatic carbocycles. The molecular weight excluding hydrogens is 1110 g/mol. The molecule has 0 radical (unpaired) electrons. The Morgan fingerprint density at radius 1 is 0.420 bits per heavy atom. The molecule has 0 spiro atoms. The van der Waals surface area contributed by atoms with E-state index < -0.39 is 86.8 Å². The van der Waals surface area contributed by atoms with Gasteiger partial charge in [0.15, 0.2) is 12.6 Å².